The van der Waals surface area contributed by atoms with E-state index in [-0.39, 0.29) is 11.5 Å². The third-order valence-corrected chi connectivity index (χ3v) is 4.20. The summed E-state index contributed by atoms with van der Waals surface area (Å²) in [5.41, 5.74) is 1.10. The fourth-order valence-corrected chi connectivity index (χ4v) is 2.97. The van der Waals surface area contributed by atoms with Crippen LogP contribution >= 0.6 is 0 Å². The van der Waals surface area contributed by atoms with Gasteiger partial charge in [0.15, 0.2) is 0 Å². The van der Waals surface area contributed by atoms with Crippen molar-refractivity contribution in [3.63, 3.8) is 0 Å². The molecule has 5 heteroatoms. The molecule has 1 aliphatic carbocycles. The fraction of sp³-hybridized carbons (Fsp3) is 0.529. The van der Waals surface area contributed by atoms with Crippen LogP contribution in [0.25, 0.3) is 0 Å². The number of methoxy groups -OCH3 is 1. The molecule has 0 heterocycles. The van der Waals surface area contributed by atoms with Crippen LogP contribution in [-0.2, 0) is 11.2 Å². The standard InChI is InChI=1S/C17H23NO4/c1-22-15-11-14(17(20)21)7-6-13(15)8-9-18-16(19)10-12-4-2-3-5-12/h6-7,11-12H,2-5,8-10H2,1H3,(H,18,19)(H,20,21). The lowest BCUT2D eigenvalue weighted by Gasteiger charge is -2.12. The Kier molecular flexibility index (Phi) is 5.81. The van der Waals surface area contributed by atoms with Crippen molar-refractivity contribution in [2.75, 3.05) is 13.7 Å². The Labute approximate surface area is 130 Å². The summed E-state index contributed by atoms with van der Waals surface area (Å²) in [6.45, 7) is 0.536. The van der Waals surface area contributed by atoms with Gasteiger partial charge < -0.3 is 15.2 Å². The number of ether oxygens (including phenoxy) is 1. The number of hydrogen-bond acceptors (Lipinski definition) is 3. The van der Waals surface area contributed by atoms with Crippen molar-refractivity contribution >= 4 is 11.9 Å². The van der Waals surface area contributed by atoms with Gasteiger partial charge in [0.05, 0.1) is 12.7 Å². The van der Waals surface area contributed by atoms with Crippen LogP contribution in [0.3, 0.4) is 0 Å². The Morgan fingerprint density at radius 1 is 1.32 bits per heavy atom. The molecular formula is C17H23NO4. The number of amides is 1. The van der Waals surface area contributed by atoms with Gasteiger partial charge in [0.25, 0.3) is 0 Å². The zero-order chi connectivity index (χ0) is 15.9. The van der Waals surface area contributed by atoms with Crippen molar-refractivity contribution in [2.24, 2.45) is 5.92 Å². The van der Waals surface area contributed by atoms with Crippen molar-refractivity contribution in [3.8, 4) is 5.75 Å². The SMILES string of the molecule is COc1cc(C(=O)O)ccc1CCNC(=O)CC1CCCC1. The highest BCUT2D eigenvalue weighted by Gasteiger charge is 2.18. The number of carboxylic acid groups (broad SMARTS) is 1. The minimum atomic E-state index is -0.977. The van der Waals surface area contributed by atoms with Crippen molar-refractivity contribution in [1.82, 2.24) is 5.32 Å². The number of hydrogen-bond donors (Lipinski definition) is 2. The van der Waals surface area contributed by atoms with Crippen molar-refractivity contribution < 1.29 is 19.4 Å². The molecule has 0 atom stereocenters. The topological polar surface area (TPSA) is 75.6 Å². The molecule has 0 unspecified atom stereocenters. The molecule has 1 saturated carbocycles. The minimum absolute atomic E-state index is 0.105. The first-order valence-corrected chi connectivity index (χ1v) is 7.77. The summed E-state index contributed by atoms with van der Waals surface area (Å²) in [5, 5.41) is 11.9. The second-order valence-electron chi connectivity index (χ2n) is 5.79. The molecular weight excluding hydrogens is 282 g/mol. The number of carboxylic acids is 1. The van der Waals surface area contributed by atoms with Gasteiger partial charge in [0.1, 0.15) is 5.75 Å². The minimum Gasteiger partial charge on any atom is -0.496 e. The van der Waals surface area contributed by atoms with Gasteiger partial charge in [-0.15, -0.1) is 0 Å². The molecule has 1 aromatic rings. The van der Waals surface area contributed by atoms with Gasteiger partial charge in [-0.25, -0.2) is 4.79 Å². The summed E-state index contributed by atoms with van der Waals surface area (Å²) in [6.07, 6.45) is 6.06. The normalized spacial score (nSPS) is 14.8. The second kappa shape index (κ2) is 7.82. The maximum atomic E-state index is 11.9. The van der Waals surface area contributed by atoms with Crippen molar-refractivity contribution in [3.05, 3.63) is 29.3 Å². The quantitative estimate of drug-likeness (QED) is 0.812. The van der Waals surface area contributed by atoms with E-state index < -0.39 is 5.97 Å². The van der Waals surface area contributed by atoms with Gasteiger partial charge in [-0.05, 0) is 42.9 Å². The van der Waals surface area contributed by atoms with E-state index in [0.717, 1.165) is 18.4 Å². The average molecular weight is 305 g/mol. The van der Waals surface area contributed by atoms with Crippen LogP contribution < -0.4 is 10.1 Å². The molecule has 1 amide bonds. The lowest BCUT2D eigenvalue weighted by Crippen LogP contribution is -2.27. The van der Waals surface area contributed by atoms with E-state index in [4.69, 9.17) is 9.84 Å². The molecule has 2 N–H and O–H groups in total. The summed E-state index contributed by atoms with van der Waals surface area (Å²) < 4.78 is 5.23. The summed E-state index contributed by atoms with van der Waals surface area (Å²) in [5.74, 6) is 0.220. The Morgan fingerprint density at radius 2 is 2.05 bits per heavy atom. The molecule has 22 heavy (non-hydrogen) atoms. The van der Waals surface area contributed by atoms with E-state index >= 15 is 0 Å². The van der Waals surface area contributed by atoms with Crippen LogP contribution in [0.4, 0.5) is 0 Å². The summed E-state index contributed by atoms with van der Waals surface area (Å²) in [6, 6.07) is 4.81. The Hall–Kier alpha value is -2.04. The molecule has 1 aliphatic rings. The van der Waals surface area contributed by atoms with Crippen LogP contribution in [0.5, 0.6) is 5.75 Å². The molecule has 0 saturated heterocycles. The van der Waals surface area contributed by atoms with E-state index in [1.54, 1.807) is 12.1 Å². The maximum Gasteiger partial charge on any atom is 0.335 e. The van der Waals surface area contributed by atoms with Gasteiger partial charge in [0.2, 0.25) is 5.91 Å². The van der Waals surface area contributed by atoms with Crippen molar-refractivity contribution in [2.45, 2.75) is 38.5 Å². The van der Waals surface area contributed by atoms with Gasteiger partial charge in [0, 0.05) is 13.0 Å². The first kappa shape index (κ1) is 16.3. The number of rotatable bonds is 7. The number of carbonyl (C=O) groups is 2. The van der Waals surface area contributed by atoms with Crippen LogP contribution in [0, 0.1) is 5.92 Å². The van der Waals surface area contributed by atoms with Gasteiger partial charge in [-0.1, -0.05) is 18.9 Å². The molecule has 0 aliphatic heterocycles. The highest BCUT2D eigenvalue weighted by Crippen LogP contribution is 2.27. The van der Waals surface area contributed by atoms with Crippen LogP contribution in [0.15, 0.2) is 18.2 Å². The summed E-state index contributed by atoms with van der Waals surface area (Å²) in [7, 11) is 1.52. The van der Waals surface area contributed by atoms with E-state index in [9.17, 15) is 9.59 Å². The highest BCUT2D eigenvalue weighted by molar-refractivity contribution is 5.88. The highest BCUT2D eigenvalue weighted by atomic mass is 16.5. The molecule has 0 spiro atoms. The predicted octanol–water partition coefficient (Wildman–Crippen LogP) is 2.63. The lowest BCUT2D eigenvalue weighted by atomic mass is 10.0. The smallest absolute Gasteiger partial charge is 0.335 e. The van der Waals surface area contributed by atoms with E-state index in [1.165, 1.54) is 26.0 Å². The fourth-order valence-electron chi connectivity index (χ4n) is 2.97. The molecule has 120 valence electrons. The Morgan fingerprint density at radius 3 is 2.68 bits per heavy atom. The number of benzene rings is 1. The summed E-state index contributed by atoms with van der Waals surface area (Å²) in [4.78, 5) is 22.8. The average Bonchev–Trinajstić information content (AvgIpc) is 3.00. The zero-order valence-electron chi connectivity index (χ0n) is 12.9. The van der Waals surface area contributed by atoms with Crippen LogP contribution in [-0.4, -0.2) is 30.6 Å². The number of carbonyl (C=O) groups excluding carboxylic acids is 1. The number of aromatic carboxylic acids is 1. The predicted molar refractivity (Wildman–Crippen MR) is 83.2 cm³/mol. The van der Waals surface area contributed by atoms with Gasteiger partial charge in [-0.3, -0.25) is 4.79 Å². The maximum absolute atomic E-state index is 11.9. The van der Waals surface area contributed by atoms with Gasteiger partial charge in [-0.2, -0.15) is 0 Å². The van der Waals surface area contributed by atoms with Crippen LogP contribution in [0.2, 0.25) is 0 Å². The molecule has 2 rings (SSSR count). The first-order valence-electron chi connectivity index (χ1n) is 7.77. The van der Waals surface area contributed by atoms with E-state index in [2.05, 4.69) is 5.32 Å². The monoisotopic (exact) mass is 305 g/mol. The molecule has 0 bridgehead atoms. The first-order chi connectivity index (χ1) is 10.6. The molecule has 1 aromatic carbocycles. The lowest BCUT2D eigenvalue weighted by molar-refractivity contribution is -0.121. The van der Waals surface area contributed by atoms with Crippen molar-refractivity contribution in [1.29, 1.82) is 0 Å². The zero-order valence-corrected chi connectivity index (χ0v) is 12.9. The second-order valence-corrected chi connectivity index (χ2v) is 5.79. The van der Waals surface area contributed by atoms with E-state index in [1.807, 2.05) is 0 Å². The summed E-state index contributed by atoms with van der Waals surface area (Å²) >= 11 is 0. The molecule has 0 aromatic heterocycles. The third-order valence-electron chi connectivity index (χ3n) is 4.20. The van der Waals surface area contributed by atoms with Crippen LogP contribution in [0.1, 0.15) is 48.0 Å². The van der Waals surface area contributed by atoms with E-state index in [0.29, 0.717) is 31.1 Å². The number of nitrogens with one attached hydrogen (secondary N) is 1. The molecule has 5 nitrogen and oxygen atoms in total. The largest absolute Gasteiger partial charge is 0.496 e. The molecule has 0 radical (unpaired) electrons. The van der Waals surface area contributed by atoms with Gasteiger partial charge >= 0.3 is 5.97 Å². The Bertz CT molecular complexity index is 535. The third kappa shape index (κ3) is 4.48. The molecule has 1 fully saturated rings. The Balaban J connectivity index is 1.83.